The summed E-state index contributed by atoms with van der Waals surface area (Å²) in [6.07, 6.45) is 2.81. The van der Waals surface area contributed by atoms with E-state index in [0.29, 0.717) is 17.9 Å². The number of carbonyl (C=O) groups is 1. The first-order chi connectivity index (χ1) is 9.56. The van der Waals surface area contributed by atoms with Crippen LogP contribution in [0.25, 0.3) is 0 Å². The number of hydrogen-bond donors (Lipinski definition) is 1. The Labute approximate surface area is 122 Å². The second-order valence-electron chi connectivity index (χ2n) is 5.69. The number of hydrogen-bond acceptors (Lipinski definition) is 2. The molecule has 1 aromatic rings. The predicted octanol–water partition coefficient (Wildman–Crippen LogP) is 2.54. The Morgan fingerprint density at radius 2 is 2.00 bits per heavy atom. The molecule has 0 aliphatic carbocycles. The summed E-state index contributed by atoms with van der Waals surface area (Å²) < 4.78 is 13.8. The fourth-order valence-corrected chi connectivity index (χ4v) is 3.73. The summed E-state index contributed by atoms with van der Waals surface area (Å²) >= 11 is 5.97. The maximum absolute atomic E-state index is 13.8. The van der Waals surface area contributed by atoms with Crippen molar-refractivity contribution in [3.63, 3.8) is 0 Å². The smallest absolute Gasteiger partial charge is 0.227 e. The van der Waals surface area contributed by atoms with Crippen LogP contribution in [0.2, 0.25) is 5.02 Å². The first-order valence-corrected chi connectivity index (χ1v) is 7.36. The number of aliphatic hydroxyl groups excluding tert-OH is 1. The van der Waals surface area contributed by atoms with Gasteiger partial charge in [-0.3, -0.25) is 4.79 Å². The van der Waals surface area contributed by atoms with Crippen molar-refractivity contribution in [2.45, 2.75) is 50.3 Å². The number of fused-ring (bicyclic) bond motifs is 2. The second kappa shape index (κ2) is 5.34. The zero-order valence-corrected chi connectivity index (χ0v) is 11.8. The number of piperidine rings is 1. The summed E-state index contributed by atoms with van der Waals surface area (Å²) in [6, 6.07) is 4.65. The molecule has 2 atom stereocenters. The van der Waals surface area contributed by atoms with E-state index in [1.807, 2.05) is 4.90 Å². The zero-order chi connectivity index (χ0) is 14.3. The zero-order valence-electron chi connectivity index (χ0n) is 11.1. The lowest BCUT2D eigenvalue weighted by Gasteiger charge is -2.37. The topological polar surface area (TPSA) is 40.5 Å². The highest BCUT2D eigenvalue weighted by molar-refractivity contribution is 6.31. The first-order valence-electron chi connectivity index (χ1n) is 6.98. The van der Waals surface area contributed by atoms with Crippen molar-refractivity contribution in [1.82, 2.24) is 4.90 Å². The van der Waals surface area contributed by atoms with Gasteiger partial charge < -0.3 is 10.0 Å². The van der Waals surface area contributed by atoms with Crippen LogP contribution in [0.4, 0.5) is 4.39 Å². The lowest BCUT2D eigenvalue weighted by atomic mass is 9.98. The Hall–Kier alpha value is -1.13. The lowest BCUT2D eigenvalue weighted by molar-refractivity contribution is -0.136. The lowest BCUT2D eigenvalue weighted by Crippen LogP contribution is -2.48. The number of halogens is 2. The fraction of sp³-hybridized carbons (Fsp3) is 0.533. The molecule has 2 heterocycles. The Morgan fingerprint density at radius 3 is 2.60 bits per heavy atom. The largest absolute Gasteiger partial charge is 0.393 e. The normalized spacial score (nSPS) is 28.8. The third-order valence-electron chi connectivity index (χ3n) is 4.39. The average Bonchev–Trinajstić information content (AvgIpc) is 2.66. The average molecular weight is 298 g/mol. The van der Waals surface area contributed by atoms with Crippen LogP contribution < -0.4 is 0 Å². The molecule has 3 rings (SSSR count). The van der Waals surface area contributed by atoms with Crippen LogP contribution in [0.5, 0.6) is 0 Å². The summed E-state index contributed by atoms with van der Waals surface area (Å²) in [4.78, 5) is 14.3. The Kier molecular flexibility index (Phi) is 3.69. The van der Waals surface area contributed by atoms with E-state index in [1.54, 1.807) is 6.07 Å². The molecule has 0 saturated carbocycles. The maximum Gasteiger partial charge on any atom is 0.227 e. The molecule has 0 radical (unpaired) electrons. The molecule has 2 unspecified atom stereocenters. The van der Waals surface area contributed by atoms with E-state index >= 15 is 0 Å². The molecule has 108 valence electrons. The third kappa shape index (κ3) is 2.42. The van der Waals surface area contributed by atoms with E-state index in [0.717, 1.165) is 12.8 Å². The van der Waals surface area contributed by atoms with Crippen molar-refractivity contribution in [3.05, 3.63) is 34.6 Å². The van der Waals surface area contributed by atoms with Crippen molar-refractivity contribution < 1.29 is 14.3 Å². The summed E-state index contributed by atoms with van der Waals surface area (Å²) in [5.74, 6) is -0.522. The van der Waals surface area contributed by atoms with E-state index in [4.69, 9.17) is 11.6 Å². The molecule has 0 spiro atoms. The van der Waals surface area contributed by atoms with Crippen molar-refractivity contribution in [2.24, 2.45) is 0 Å². The molecule has 1 aromatic carbocycles. The fourth-order valence-electron chi connectivity index (χ4n) is 3.50. The van der Waals surface area contributed by atoms with Gasteiger partial charge in [0.15, 0.2) is 0 Å². The van der Waals surface area contributed by atoms with Gasteiger partial charge in [0.2, 0.25) is 5.91 Å². The van der Waals surface area contributed by atoms with Gasteiger partial charge in [0, 0.05) is 22.7 Å². The summed E-state index contributed by atoms with van der Waals surface area (Å²) in [6.45, 7) is 0. The van der Waals surface area contributed by atoms with Gasteiger partial charge in [0.1, 0.15) is 5.82 Å². The number of benzene rings is 1. The molecule has 2 aliphatic heterocycles. The van der Waals surface area contributed by atoms with Crippen LogP contribution in [-0.2, 0) is 11.2 Å². The van der Waals surface area contributed by atoms with Crippen LogP contribution in [-0.4, -0.2) is 34.1 Å². The quantitative estimate of drug-likeness (QED) is 0.911. The Morgan fingerprint density at radius 1 is 1.35 bits per heavy atom. The number of nitrogens with zero attached hydrogens (tertiary/aromatic N) is 1. The van der Waals surface area contributed by atoms with Gasteiger partial charge >= 0.3 is 0 Å². The van der Waals surface area contributed by atoms with E-state index in [-0.39, 0.29) is 36.1 Å². The minimum absolute atomic E-state index is 0.00536. The van der Waals surface area contributed by atoms with E-state index in [9.17, 15) is 14.3 Å². The van der Waals surface area contributed by atoms with Gasteiger partial charge in [-0.05, 0) is 37.8 Å². The SMILES string of the molecule is O=C(Cc1c(F)cccc1Cl)N1C2CCC1CC(O)C2. The minimum Gasteiger partial charge on any atom is -0.393 e. The minimum atomic E-state index is -0.435. The second-order valence-corrected chi connectivity index (χ2v) is 6.10. The van der Waals surface area contributed by atoms with Gasteiger partial charge in [-0.1, -0.05) is 17.7 Å². The molecular weight excluding hydrogens is 281 g/mol. The van der Waals surface area contributed by atoms with Crippen molar-refractivity contribution in [3.8, 4) is 0 Å². The molecule has 5 heteroatoms. The van der Waals surface area contributed by atoms with Crippen LogP contribution in [0.1, 0.15) is 31.2 Å². The summed E-state index contributed by atoms with van der Waals surface area (Å²) in [5.41, 5.74) is 0.268. The summed E-state index contributed by atoms with van der Waals surface area (Å²) in [5, 5.41) is 10.0. The Bertz CT molecular complexity index is 502. The predicted molar refractivity (Wildman–Crippen MR) is 74.0 cm³/mol. The third-order valence-corrected chi connectivity index (χ3v) is 4.74. The molecule has 2 saturated heterocycles. The molecule has 2 bridgehead atoms. The van der Waals surface area contributed by atoms with Crippen molar-refractivity contribution >= 4 is 17.5 Å². The standard InChI is InChI=1S/C15H17ClFNO2/c16-13-2-1-3-14(17)12(13)8-15(20)18-9-4-5-10(18)7-11(19)6-9/h1-3,9-11,19H,4-8H2. The molecule has 1 N–H and O–H groups in total. The van der Waals surface area contributed by atoms with Crippen molar-refractivity contribution in [1.29, 1.82) is 0 Å². The van der Waals surface area contributed by atoms with E-state index in [2.05, 4.69) is 0 Å². The Balaban J connectivity index is 1.77. The highest BCUT2D eigenvalue weighted by atomic mass is 35.5. The van der Waals surface area contributed by atoms with Gasteiger partial charge in [0.05, 0.1) is 12.5 Å². The van der Waals surface area contributed by atoms with Gasteiger partial charge in [0.25, 0.3) is 0 Å². The van der Waals surface area contributed by atoms with Gasteiger partial charge in [-0.2, -0.15) is 0 Å². The molecule has 3 nitrogen and oxygen atoms in total. The summed E-state index contributed by atoms with van der Waals surface area (Å²) in [7, 11) is 0. The molecule has 2 aliphatic rings. The highest BCUT2D eigenvalue weighted by Crippen LogP contribution is 2.36. The number of rotatable bonds is 2. The van der Waals surface area contributed by atoms with Gasteiger partial charge in [-0.25, -0.2) is 4.39 Å². The molecule has 2 fully saturated rings. The van der Waals surface area contributed by atoms with Crippen LogP contribution in [0.15, 0.2) is 18.2 Å². The van der Waals surface area contributed by atoms with Crippen molar-refractivity contribution in [2.75, 3.05) is 0 Å². The van der Waals surface area contributed by atoms with E-state index < -0.39 is 5.82 Å². The first kappa shape index (κ1) is 13.8. The molecule has 20 heavy (non-hydrogen) atoms. The monoisotopic (exact) mass is 297 g/mol. The molecule has 0 aromatic heterocycles. The molecular formula is C15H17ClFNO2. The number of amides is 1. The number of carbonyl (C=O) groups excluding carboxylic acids is 1. The maximum atomic E-state index is 13.8. The van der Waals surface area contributed by atoms with E-state index in [1.165, 1.54) is 12.1 Å². The van der Waals surface area contributed by atoms with Crippen LogP contribution in [0.3, 0.4) is 0 Å². The van der Waals surface area contributed by atoms with Gasteiger partial charge in [-0.15, -0.1) is 0 Å². The van der Waals surface area contributed by atoms with Crippen LogP contribution in [0, 0.1) is 5.82 Å². The van der Waals surface area contributed by atoms with Crippen LogP contribution >= 0.6 is 11.6 Å². The highest BCUT2D eigenvalue weighted by Gasteiger charge is 2.42. The number of aliphatic hydroxyl groups is 1. The molecule has 1 amide bonds.